The summed E-state index contributed by atoms with van der Waals surface area (Å²) >= 11 is 7.53. The number of aryl methyl sites for hydroxylation is 1. The Morgan fingerprint density at radius 2 is 1.74 bits per heavy atom. The summed E-state index contributed by atoms with van der Waals surface area (Å²) in [5, 5.41) is 18.0. The quantitative estimate of drug-likeness (QED) is 0.236. The fourth-order valence-electron chi connectivity index (χ4n) is 5.68. The van der Waals surface area contributed by atoms with Crippen LogP contribution in [0.2, 0.25) is 5.02 Å². The maximum Gasteiger partial charge on any atom is 0.321 e. The van der Waals surface area contributed by atoms with Crippen LogP contribution in [0.25, 0.3) is 0 Å². The van der Waals surface area contributed by atoms with Crippen molar-refractivity contribution in [3.05, 3.63) is 81.3 Å². The van der Waals surface area contributed by atoms with Crippen LogP contribution >= 0.6 is 22.9 Å². The number of aromatic nitrogens is 1. The summed E-state index contributed by atoms with van der Waals surface area (Å²) in [5.41, 5.74) is 1.68. The number of benzene rings is 2. The first kappa shape index (κ1) is 35.8. The highest BCUT2D eigenvalue weighted by molar-refractivity contribution is 7.89. The number of nitrogens with zero attached hydrogens (tertiary/aromatic N) is 4. The Balaban J connectivity index is 1.56. The first-order valence-electron chi connectivity index (χ1n) is 15.5. The highest BCUT2D eigenvalue weighted by Gasteiger charge is 2.40. The van der Waals surface area contributed by atoms with E-state index in [9.17, 15) is 23.1 Å². The lowest BCUT2D eigenvalue weighted by molar-refractivity contribution is -0.128. The van der Waals surface area contributed by atoms with Crippen molar-refractivity contribution in [2.45, 2.75) is 70.7 Å². The Bertz CT molecular complexity index is 1570. The summed E-state index contributed by atoms with van der Waals surface area (Å²) in [4.78, 5) is 35.3. The second-order valence-corrected chi connectivity index (χ2v) is 15.9. The summed E-state index contributed by atoms with van der Waals surface area (Å²) in [7, 11) is -3.98. The van der Waals surface area contributed by atoms with Gasteiger partial charge in [0.15, 0.2) is 0 Å². The van der Waals surface area contributed by atoms with E-state index in [2.05, 4.69) is 10.3 Å². The summed E-state index contributed by atoms with van der Waals surface area (Å²) in [5.74, 6) is -0.646. The number of thiazole rings is 1. The van der Waals surface area contributed by atoms with E-state index < -0.39 is 34.1 Å². The third-order valence-electron chi connectivity index (χ3n) is 7.88. The number of aliphatic hydroxyl groups excluding tert-OH is 1. The van der Waals surface area contributed by atoms with Gasteiger partial charge in [0.2, 0.25) is 15.9 Å². The number of nitrogens with one attached hydrogen (secondary N) is 1. The maximum atomic E-state index is 14.0. The van der Waals surface area contributed by atoms with Gasteiger partial charge in [-0.2, -0.15) is 4.31 Å². The molecular formula is C33H44ClN5O5S2. The first-order chi connectivity index (χ1) is 21.8. The molecule has 1 aromatic heterocycles. The molecule has 1 saturated heterocycles. The number of carbonyl (C=O) groups is 2. The maximum absolute atomic E-state index is 14.0. The molecule has 250 valence electrons. The Hall–Kier alpha value is -3.03. The summed E-state index contributed by atoms with van der Waals surface area (Å²) in [6, 6.07) is 13.5. The fraction of sp³-hybridized carbons (Fsp3) is 0.485. The van der Waals surface area contributed by atoms with Crippen molar-refractivity contribution in [3.63, 3.8) is 0 Å². The molecule has 0 saturated carbocycles. The van der Waals surface area contributed by atoms with Crippen molar-refractivity contribution in [1.29, 1.82) is 0 Å². The number of halogens is 1. The normalized spacial score (nSPS) is 16.0. The molecule has 0 bridgehead atoms. The van der Waals surface area contributed by atoms with Gasteiger partial charge in [0.05, 0.1) is 34.3 Å². The lowest BCUT2D eigenvalue weighted by Crippen LogP contribution is -2.57. The molecule has 46 heavy (non-hydrogen) atoms. The van der Waals surface area contributed by atoms with Crippen LogP contribution in [-0.2, 0) is 27.8 Å². The molecule has 2 heterocycles. The molecular weight excluding hydrogens is 646 g/mol. The largest absolute Gasteiger partial charge is 0.390 e. The Labute approximate surface area is 281 Å². The van der Waals surface area contributed by atoms with Gasteiger partial charge >= 0.3 is 6.03 Å². The van der Waals surface area contributed by atoms with Gasteiger partial charge in [-0.15, -0.1) is 11.3 Å². The Kier molecular flexibility index (Phi) is 12.2. The smallest absolute Gasteiger partial charge is 0.321 e. The molecule has 0 aliphatic carbocycles. The molecule has 3 aromatic rings. The Morgan fingerprint density at radius 3 is 2.33 bits per heavy atom. The standard InChI is InChI=1S/C33H44ClN5O5S2/c1-22(2)18-38(46(43,44)28-13-11-26(34)12-14-28)20-30(40)29(17-25-9-7-6-8-10-25)36-32(41)31(23(3)4)39-16-15-37(33(39)42)19-27-21-45-24(5)35-27/h6-14,21-23,29-31,40H,15-20H2,1-5H3,(H,36,41)/t29-,30-,31-/m0/s1. The van der Waals surface area contributed by atoms with Gasteiger partial charge in [-0.3, -0.25) is 4.79 Å². The zero-order chi connectivity index (χ0) is 33.6. The van der Waals surface area contributed by atoms with Crippen molar-refractivity contribution in [1.82, 2.24) is 24.4 Å². The molecule has 3 amide bonds. The van der Waals surface area contributed by atoms with E-state index in [1.54, 1.807) is 9.80 Å². The van der Waals surface area contributed by atoms with E-state index >= 15 is 0 Å². The molecule has 0 spiro atoms. The van der Waals surface area contributed by atoms with Gasteiger partial charge in [-0.1, -0.05) is 69.6 Å². The van der Waals surface area contributed by atoms with Gasteiger partial charge < -0.3 is 20.2 Å². The van der Waals surface area contributed by atoms with Crippen molar-refractivity contribution in [3.8, 4) is 0 Å². The molecule has 2 N–H and O–H groups in total. The second-order valence-electron chi connectivity index (χ2n) is 12.5. The third kappa shape index (κ3) is 9.07. The molecule has 10 nitrogen and oxygen atoms in total. The number of rotatable bonds is 15. The molecule has 4 rings (SSSR count). The summed E-state index contributed by atoms with van der Waals surface area (Å²) < 4.78 is 28.7. The van der Waals surface area contributed by atoms with Crippen molar-refractivity contribution in [2.24, 2.45) is 11.8 Å². The number of hydrogen-bond acceptors (Lipinski definition) is 7. The lowest BCUT2D eigenvalue weighted by Gasteiger charge is -2.34. The third-order valence-corrected chi connectivity index (χ3v) is 10.8. The lowest BCUT2D eigenvalue weighted by atomic mass is 9.97. The number of aliphatic hydroxyl groups is 1. The number of carbonyl (C=O) groups excluding carboxylic acids is 2. The highest BCUT2D eigenvalue weighted by atomic mass is 35.5. The number of amides is 3. The SMILES string of the molecule is Cc1nc(CN2CCN([C@H](C(=O)N[C@@H](Cc3ccccc3)[C@@H](O)CN(CC(C)C)S(=O)(=O)c3ccc(Cl)cc3)C(C)C)C2=O)cs1. The van der Waals surface area contributed by atoms with Gasteiger partial charge in [0.1, 0.15) is 6.04 Å². The minimum Gasteiger partial charge on any atom is -0.390 e. The van der Waals surface area contributed by atoms with E-state index in [-0.39, 0.29) is 42.3 Å². The summed E-state index contributed by atoms with van der Waals surface area (Å²) in [6.07, 6.45) is -0.991. The molecule has 3 atom stereocenters. The highest BCUT2D eigenvalue weighted by Crippen LogP contribution is 2.23. The predicted octanol–water partition coefficient (Wildman–Crippen LogP) is 4.80. The van der Waals surface area contributed by atoms with E-state index in [4.69, 9.17) is 11.6 Å². The van der Waals surface area contributed by atoms with Crippen LogP contribution in [0.3, 0.4) is 0 Å². The van der Waals surface area contributed by atoms with Crippen LogP contribution in [0.4, 0.5) is 4.79 Å². The summed E-state index contributed by atoms with van der Waals surface area (Å²) in [6.45, 7) is 10.6. The van der Waals surface area contributed by atoms with Crippen molar-refractivity contribution in [2.75, 3.05) is 26.2 Å². The Morgan fingerprint density at radius 1 is 1.07 bits per heavy atom. The van der Waals surface area contributed by atoms with Gasteiger partial charge in [-0.25, -0.2) is 18.2 Å². The second kappa shape index (κ2) is 15.7. The zero-order valence-corrected chi connectivity index (χ0v) is 29.4. The number of hydrogen-bond donors (Lipinski definition) is 2. The minimum atomic E-state index is -3.98. The van der Waals surface area contributed by atoms with Crippen LogP contribution in [0.1, 0.15) is 44.0 Å². The molecule has 13 heteroatoms. The van der Waals surface area contributed by atoms with Crippen molar-refractivity contribution < 1.29 is 23.1 Å². The van der Waals surface area contributed by atoms with E-state index in [1.807, 2.05) is 70.3 Å². The van der Waals surface area contributed by atoms with E-state index in [0.29, 0.717) is 24.7 Å². The number of urea groups is 1. The topological polar surface area (TPSA) is 123 Å². The van der Waals surface area contributed by atoms with Crippen LogP contribution in [0.15, 0.2) is 64.9 Å². The average Bonchev–Trinajstić information content (AvgIpc) is 3.57. The van der Waals surface area contributed by atoms with Gasteiger partial charge in [-0.05, 0) is 55.0 Å². The molecule has 0 radical (unpaired) electrons. The monoisotopic (exact) mass is 689 g/mol. The van der Waals surface area contributed by atoms with Crippen LogP contribution in [0, 0.1) is 18.8 Å². The average molecular weight is 690 g/mol. The molecule has 1 fully saturated rings. The molecule has 1 aliphatic heterocycles. The van der Waals surface area contributed by atoms with Crippen LogP contribution in [-0.4, -0.2) is 88.9 Å². The zero-order valence-electron chi connectivity index (χ0n) is 27.0. The molecule has 1 aliphatic rings. The van der Waals surface area contributed by atoms with Crippen LogP contribution < -0.4 is 5.32 Å². The molecule has 0 unspecified atom stereocenters. The molecule has 2 aromatic carbocycles. The van der Waals surface area contributed by atoms with E-state index in [1.165, 1.54) is 39.9 Å². The predicted molar refractivity (Wildman–Crippen MR) is 181 cm³/mol. The minimum absolute atomic E-state index is 0.0286. The first-order valence-corrected chi connectivity index (χ1v) is 18.2. The van der Waals surface area contributed by atoms with Gasteiger partial charge in [0, 0.05) is 36.6 Å². The van der Waals surface area contributed by atoms with E-state index in [0.717, 1.165) is 16.3 Å². The fourth-order valence-corrected chi connectivity index (χ4v) is 8.03. The van der Waals surface area contributed by atoms with Crippen molar-refractivity contribution >= 4 is 44.9 Å². The number of sulfonamides is 1. The van der Waals surface area contributed by atoms with Gasteiger partial charge in [0.25, 0.3) is 0 Å². The van der Waals surface area contributed by atoms with Crippen LogP contribution in [0.5, 0.6) is 0 Å².